The monoisotopic (exact) mass is 268 g/mol. The fraction of sp³-hybridized carbons (Fsp3) is 0.600. The van der Waals surface area contributed by atoms with Gasteiger partial charge in [0.1, 0.15) is 17.3 Å². The summed E-state index contributed by atoms with van der Waals surface area (Å²) in [4.78, 5) is 1.88. The first-order chi connectivity index (χ1) is 9.17. The summed E-state index contributed by atoms with van der Waals surface area (Å²) >= 11 is 0. The molecule has 1 aromatic carbocycles. The van der Waals surface area contributed by atoms with Gasteiger partial charge in [-0.2, -0.15) is 0 Å². The van der Waals surface area contributed by atoms with Crippen LogP contribution in [-0.2, 0) is 6.54 Å². The van der Waals surface area contributed by atoms with Gasteiger partial charge >= 0.3 is 0 Å². The molecule has 1 aliphatic rings. The second kappa shape index (κ2) is 6.33. The van der Waals surface area contributed by atoms with Crippen molar-refractivity contribution in [3.8, 4) is 0 Å². The van der Waals surface area contributed by atoms with Crippen LogP contribution in [-0.4, -0.2) is 12.6 Å². The summed E-state index contributed by atoms with van der Waals surface area (Å²) in [5.41, 5.74) is 6.06. The van der Waals surface area contributed by atoms with Gasteiger partial charge in [0.2, 0.25) is 0 Å². The molecule has 19 heavy (non-hydrogen) atoms. The van der Waals surface area contributed by atoms with Crippen molar-refractivity contribution in [2.45, 2.75) is 51.6 Å². The molecule has 0 heterocycles. The number of hydrogen-bond acceptors (Lipinski definition) is 2. The highest BCUT2D eigenvalue weighted by atomic mass is 19.1. The van der Waals surface area contributed by atoms with Crippen molar-refractivity contribution in [3.05, 3.63) is 29.3 Å². The zero-order valence-electron chi connectivity index (χ0n) is 11.5. The fourth-order valence-electron chi connectivity index (χ4n) is 3.00. The number of nitrogens with zero attached hydrogens (tertiary/aromatic N) is 1. The van der Waals surface area contributed by atoms with Gasteiger partial charge in [-0.25, -0.2) is 8.78 Å². The van der Waals surface area contributed by atoms with Gasteiger partial charge < -0.3 is 10.6 Å². The van der Waals surface area contributed by atoms with E-state index in [1.54, 1.807) is 0 Å². The van der Waals surface area contributed by atoms with Crippen molar-refractivity contribution in [2.24, 2.45) is 5.73 Å². The van der Waals surface area contributed by atoms with Gasteiger partial charge in [0.05, 0.1) is 0 Å². The van der Waals surface area contributed by atoms with E-state index in [4.69, 9.17) is 5.73 Å². The van der Waals surface area contributed by atoms with E-state index in [0.717, 1.165) is 25.7 Å². The molecule has 0 radical (unpaired) electrons. The van der Waals surface area contributed by atoms with E-state index in [9.17, 15) is 8.78 Å². The summed E-state index contributed by atoms with van der Waals surface area (Å²) < 4.78 is 28.3. The number of nitrogens with two attached hydrogens (primary N) is 1. The molecule has 2 N–H and O–H groups in total. The predicted molar refractivity (Wildman–Crippen MR) is 74.1 cm³/mol. The highest BCUT2D eigenvalue weighted by Crippen LogP contribution is 2.31. The molecular formula is C15H22F2N2. The molecule has 0 unspecified atom stereocenters. The van der Waals surface area contributed by atoms with E-state index in [2.05, 4.69) is 0 Å². The summed E-state index contributed by atoms with van der Waals surface area (Å²) in [5, 5.41) is 0. The molecule has 4 heteroatoms. The topological polar surface area (TPSA) is 29.3 Å². The predicted octanol–water partition coefficient (Wildman–Crippen LogP) is 3.58. The molecule has 0 saturated heterocycles. The van der Waals surface area contributed by atoms with Crippen LogP contribution in [0.1, 0.15) is 44.6 Å². The Morgan fingerprint density at radius 3 is 2.21 bits per heavy atom. The first-order valence-corrected chi connectivity index (χ1v) is 7.12. The van der Waals surface area contributed by atoms with Gasteiger partial charge in [0.25, 0.3) is 0 Å². The van der Waals surface area contributed by atoms with Crippen LogP contribution in [0.15, 0.2) is 12.1 Å². The van der Waals surface area contributed by atoms with Gasteiger partial charge in [0, 0.05) is 19.1 Å². The first kappa shape index (κ1) is 14.3. The van der Waals surface area contributed by atoms with Crippen molar-refractivity contribution < 1.29 is 8.78 Å². The van der Waals surface area contributed by atoms with E-state index in [0.29, 0.717) is 12.1 Å². The average molecular weight is 268 g/mol. The highest BCUT2D eigenvalue weighted by Gasteiger charge is 2.25. The van der Waals surface area contributed by atoms with E-state index < -0.39 is 11.6 Å². The molecule has 106 valence electrons. The minimum absolute atomic E-state index is 0.117. The zero-order chi connectivity index (χ0) is 13.8. The van der Waals surface area contributed by atoms with Crippen molar-refractivity contribution >= 4 is 5.69 Å². The average Bonchev–Trinajstić information content (AvgIpc) is 2.43. The van der Waals surface area contributed by atoms with Gasteiger partial charge in [-0.15, -0.1) is 0 Å². The molecule has 0 atom stereocenters. The Bertz CT molecular complexity index is 405. The van der Waals surface area contributed by atoms with Gasteiger partial charge in [0.15, 0.2) is 0 Å². The van der Waals surface area contributed by atoms with E-state index in [1.165, 1.54) is 18.6 Å². The molecule has 0 aliphatic heterocycles. The molecule has 0 aromatic heterocycles. The quantitative estimate of drug-likeness (QED) is 0.904. The number of hydrogen-bond donors (Lipinski definition) is 1. The maximum absolute atomic E-state index is 14.2. The Labute approximate surface area is 113 Å². The van der Waals surface area contributed by atoms with Crippen LogP contribution in [0.25, 0.3) is 0 Å². The third-order valence-electron chi connectivity index (χ3n) is 3.96. The fourth-order valence-corrected chi connectivity index (χ4v) is 3.00. The number of rotatable bonds is 4. The van der Waals surface area contributed by atoms with Crippen LogP contribution in [0.5, 0.6) is 0 Å². The van der Waals surface area contributed by atoms with Crippen LogP contribution in [0.2, 0.25) is 0 Å². The second-order valence-corrected chi connectivity index (χ2v) is 5.19. The highest BCUT2D eigenvalue weighted by molar-refractivity contribution is 5.51. The molecule has 0 bridgehead atoms. The summed E-state index contributed by atoms with van der Waals surface area (Å²) in [6, 6.07) is 2.96. The molecule has 1 aromatic rings. The number of halogens is 2. The van der Waals surface area contributed by atoms with Crippen molar-refractivity contribution in [1.82, 2.24) is 0 Å². The second-order valence-electron chi connectivity index (χ2n) is 5.19. The third-order valence-corrected chi connectivity index (χ3v) is 3.96. The maximum atomic E-state index is 14.2. The minimum atomic E-state index is -0.493. The first-order valence-electron chi connectivity index (χ1n) is 7.12. The van der Waals surface area contributed by atoms with E-state index >= 15 is 0 Å². The Morgan fingerprint density at radius 2 is 1.74 bits per heavy atom. The number of anilines is 1. The molecular weight excluding hydrogens is 246 g/mol. The maximum Gasteiger partial charge on any atom is 0.149 e. The molecule has 1 saturated carbocycles. The Balaban J connectivity index is 2.31. The summed E-state index contributed by atoms with van der Waals surface area (Å²) in [6.45, 7) is 2.73. The lowest BCUT2D eigenvalue weighted by Gasteiger charge is -2.35. The van der Waals surface area contributed by atoms with E-state index in [-0.39, 0.29) is 18.3 Å². The largest absolute Gasteiger partial charge is 0.364 e. The van der Waals surface area contributed by atoms with Gasteiger partial charge in [-0.3, -0.25) is 0 Å². The summed E-state index contributed by atoms with van der Waals surface area (Å²) in [5.74, 6) is -0.985. The third kappa shape index (κ3) is 3.06. The molecule has 2 rings (SSSR count). The van der Waals surface area contributed by atoms with Crippen molar-refractivity contribution in [2.75, 3.05) is 11.4 Å². The van der Waals surface area contributed by atoms with Crippen LogP contribution in [0, 0.1) is 11.6 Å². The van der Waals surface area contributed by atoms with Crippen LogP contribution in [0.4, 0.5) is 14.5 Å². The lowest BCUT2D eigenvalue weighted by atomic mass is 9.93. The van der Waals surface area contributed by atoms with Crippen molar-refractivity contribution in [3.63, 3.8) is 0 Å². The van der Waals surface area contributed by atoms with Crippen LogP contribution < -0.4 is 10.6 Å². The lowest BCUT2D eigenvalue weighted by molar-refractivity contribution is 0.410. The Kier molecular flexibility index (Phi) is 4.75. The minimum Gasteiger partial charge on any atom is -0.364 e. The summed E-state index contributed by atoms with van der Waals surface area (Å²) in [7, 11) is 0. The normalized spacial score (nSPS) is 16.6. The van der Waals surface area contributed by atoms with Gasteiger partial charge in [-0.1, -0.05) is 19.3 Å². The Hall–Kier alpha value is -1.16. The molecule has 2 nitrogen and oxygen atoms in total. The van der Waals surface area contributed by atoms with E-state index in [1.807, 2.05) is 11.8 Å². The summed E-state index contributed by atoms with van der Waals surface area (Å²) in [6.07, 6.45) is 5.55. The SMILES string of the molecule is CCN(c1c(F)cc(CN)cc1F)C1CCCCC1. The molecule has 1 aliphatic carbocycles. The molecule has 0 amide bonds. The van der Waals surface area contributed by atoms with Crippen LogP contribution in [0.3, 0.4) is 0 Å². The van der Waals surface area contributed by atoms with Crippen LogP contribution >= 0.6 is 0 Å². The number of benzene rings is 1. The molecule has 1 fully saturated rings. The standard InChI is InChI=1S/C15H22F2N2/c1-2-19(12-6-4-3-5-7-12)15-13(16)8-11(10-18)9-14(15)17/h8-9,12H,2-7,10,18H2,1H3. The zero-order valence-corrected chi connectivity index (χ0v) is 11.5. The molecule has 0 spiro atoms. The smallest absolute Gasteiger partial charge is 0.149 e. The Morgan fingerprint density at radius 1 is 1.16 bits per heavy atom. The lowest BCUT2D eigenvalue weighted by Crippen LogP contribution is -2.38. The van der Waals surface area contributed by atoms with Gasteiger partial charge in [-0.05, 0) is 37.5 Å². The van der Waals surface area contributed by atoms with Crippen molar-refractivity contribution in [1.29, 1.82) is 0 Å².